The predicted molar refractivity (Wildman–Crippen MR) is 98.6 cm³/mol. The molecule has 122 valence electrons. The number of amides is 1. The van der Waals surface area contributed by atoms with Crippen LogP contribution in [-0.4, -0.2) is 24.8 Å². The van der Waals surface area contributed by atoms with Crippen LogP contribution in [0.3, 0.4) is 0 Å². The molecule has 0 unspecified atom stereocenters. The second kappa shape index (κ2) is 10.5. The van der Waals surface area contributed by atoms with Crippen molar-refractivity contribution >= 4 is 33.6 Å². The highest BCUT2D eigenvalue weighted by molar-refractivity contribution is 9.10. The van der Waals surface area contributed by atoms with Gasteiger partial charge in [0, 0.05) is 22.5 Å². The fraction of sp³-hybridized carbons (Fsp3) is 0.278. The summed E-state index contributed by atoms with van der Waals surface area (Å²) in [5.41, 5.74) is 1.17. The first kappa shape index (κ1) is 18.0. The Hall–Kier alpha value is -1.30. The zero-order chi connectivity index (χ0) is 16.3. The number of hydrogen-bond donors (Lipinski definition) is 1. The molecular weight excluding hydrogens is 374 g/mol. The fourth-order valence-electron chi connectivity index (χ4n) is 1.92. The summed E-state index contributed by atoms with van der Waals surface area (Å²) in [6.45, 7) is 1.91. The van der Waals surface area contributed by atoms with Crippen molar-refractivity contribution in [1.82, 2.24) is 5.32 Å². The number of rotatable bonds is 9. The lowest BCUT2D eigenvalue weighted by atomic mass is 10.2. The quantitative estimate of drug-likeness (QED) is 0.510. The maximum absolute atomic E-state index is 11.8. The molecule has 5 heteroatoms. The van der Waals surface area contributed by atoms with E-state index in [1.54, 1.807) is 0 Å². The van der Waals surface area contributed by atoms with Crippen LogP contribution >= 0.6 is 27.7 Å². The largest absolute Gasteiger partial charge is 0.377 e. The van der Waals surface area contributed by atoms with Gasteiger partial charge in [0.05, 0.1) is 12.4 Å². The summed E-state index contributed by atoms with van der Waals surface area (Å²) in [6, 6.07) is 18.0. The van der Waals surface area contributed by atoms with E-state index in [4.69, 9.17) is 4.74 Å². The fourth-order valence-corrected chi connectivity index (χ4v) is 3.32. The third-order valence-corrected chi connectivity index (χ3v) is 5.12. The van der Waals surface area contributed by atoms with E-state index in [-0.39, 0.29) is 5.91 Å². The number of carbonyl (C=O) groups is 1. The molecule has 0 radical (unpaired) electrons. The van der Waals surface area contributed by atoms with Crippen LogP contribution in [0.25, 0.3) is 0 Å². The van der Waals surface area contributed by atoms with Gasteiger partial charge in [-0.1, -0.05) is 42.5 Å². The average molecular weight is 394 g/mol. The second-order valence-corrected chi connectivity index (χ2v) is 6.83. The standard InChI is InChI=1S/C18H20BrNO2S/c19-16-9-4-5-10-17(16)23-14-18(21)20-11-6-12-22-13-15-7-2-1-3-8-15/h1-5,7-10H,6,11-14H2,(H,20,21). The molecule has 0 heterocycles. The number of halogens is 1. The van der Waals surface area contributed by atoms with Crippen LogP contribution in [0.4, 0.5) is 0 Å². The van der Waals surface area contributed by atoms with E-state index in [0.29, 0.717) is 25.5 Å². The topological polar surface area (TPSA) is 38.3 Å². The highest BCUT2D eigenvalue weighted by atomic mass is 79.9. The first-order chi connectivity index (χ1) is 11.3. The Kier molecular flexibility index (Phi) is 8.21. The van der Waals surface area contributed by atoms with Crippen molar-refractivity contribution in [2.45, 2.75) is 17.9 Å². The molecule has 0 aliphatic carbocycles. The number of benzene rings is 2. The van der Waals surface area contributed by atoms with Gasteiger partial charge in [-0.2, -0.15) is 0 Å². The van der Waals surface area contributed by atoms with Crippen LogP contribution in [0.5, 0.6) is 0 Å². The molecule has 0 spiro atoms. The molecule has 3 nitrogen and oxygen atoms in total. The van der Waals surface area contributed by atoms with Crippen molar-refractivity contribution in [3.63, 3.8) is 0 Å². The third-order valence-electron chi connectivity index (χ3n) is 3.09. The Balaban J connectivity index is 1.52. The van der Waals surface area contributed by atoms with Gasteiger partial charge < -0.3 is 10.1 Å². The number of hydrogen-bond acceptors (Lipinski definition) is 3. The molecule has 0 saturated heterocycles. The molecular formula is C18H20BrNO2S. The van der Waals surface area contributed by atoms with Crippen LogP contribution in [0.1, 0.15) is 12.0 Å². The van der Waals surface area contributed by atoms with Crippen LogP contribution in [0.2, 0.25) is 0 Å². The van der Waals surface area contributed by atoms with E-state index < -0.39 is 0 Å². The van der Waals surface area contributed by atoms with Crippen LogP contribution in [0.15, 0.2) is 64.0 Å². The Labute approximate surface area is 149 Å². The Morgan fingerprint density at radius 3 is 2.61 bits per heavy atom. The first-order valence-corrected chi connectivity index (χ1v) is 9.29. The molecule has 0 bridgehead atoms. The molecule has 0 aromatic heterocycles. The molecule has 2 rings (SSSR count). The van der Waals surface area contributed by atoms with E-state index in [1.807, 2.05) is 54.6 Å². The van der Waals surface area contributed by atoms with Crippen molar-refractivity contribution in [3.8, 4) is 0 Å². The lowest BCUT2D eigenvalue weighted by molar-refractivity contribution is -0.118. The van der Waals surface area contributed by atoms with E-state index >= 15 is 0 Å². The molecule has 2 aromatic carbocycles. The van der Waals surface area contributed by atoms with Crippen LogP contribution < -0.4 is 5.32 Å². The Morgan fingerprint density at radius 2 is 1.83 bits per heavy atom. The zero-order valence-corrected chi connectivity index (χ0v) is 15.2. The van der Waals surface area contributed by atoms with Crippen molar-refractivity contribution in [1.29, 1.82) is 0 Å². The molecule has 0 aliphatic heterocycles. The molecule has 1 amide bonds. The Morgan fingerprint density at radius 1 is 1.09 bits per heavy atom. The minimum Gasteiger partial charge on any atom is -0.377 e. The molecule has 23 heavy (non-hydrogen) atoms. The molecule has 0 saturated carbocycles. The van der Waals surface area contributed by atoms with Gasteiger partial charge in [-0.05, 0) is 40.0 Å². The lowest BCUT2D eigenvalue weighted by Crippen LogP contribution is -2.26. The van der Waals surface area contributed by atoms with E-state index in [0.717, 1.165) is 15.8 Å². The summed E-state index contributed by atoms with van der Waals surface area (Å²) in [7, 11) is 0. The van der Waals surface area contributed by atoms with Crippen molar-refractivity contribution in [2.75, 3.05) is 18.9 Å². The predicted octanol–water partition coefficient (Wildman–Crippen LogP) is 4.26. The van der Waals surface area contributed by atoms with Crippen molar-refractivity contribution < 1.29 is 9.53 Å². The Bertz CT molecular complexity index is 607. The molecule has 1 N–H and O–H groups in total. The van der Waals surface area contributed by atoms with Gasteiger partial charge in [-0.3, -0.25) is 4.79 Å². The molecule has 2 aromatic rings. The maximum Gasteiger partial charge on any atom is 0.230 e. The summed E-state index contributed by atoms with van der Waals surface area (Å²) in [4.78, 5) is 12.9. The second-order valence-electron chi connectivity index (χ2n) is 4.96. The van der Waals surface area contributed by atoms with Gasteiger partial charge in [-0.15, -0.1) is 11.8 Å². The number of nitrogens with one attached hydrogen (secondary N) is 1. The number of ether oxygens (including phenoxy) is 1. The minimum atomic E-state index is 0.0498. The molecule has 0 fully saturated rings. The van der Waals surface area contributed by atoms with E-state index in [9.17, 15) is 4.79 Å². The summed E-state index contributed by atoms with van der Waals surface area (Å²) in [5, 5.41) is 2.92. The highest BCUT2D eigenvalue weighted by Gasteiger charge is 2.04. The van der Waals surface area contributed by atoms with Gasteiger partial charge in [-0.25, -0.2) is 0 Å². The SMILES string of the molecule is O=C(CSc1ccccc1Br)NCCCOCc1ccccc1. The van der Waals surface area contributed by atoms with Crippen molar-refractivity contribution in [3.05, 3.63) is 64.6 Å². The number of thioether (sulfide) groups is 1. The van der Waals surface area contributed by atoms with Crippen LogP contribution in [0, 0.1) is 0 Å². The van der Waals surface area contributed by atoms with Gasteiger partial charge in [0.2, 0.25) is 5.91 Å². The zero-order valence-electron chi connectivity index (χ0n) is 12.8. The summed E-state index contributed by atoms with van der Waals surface area (Å²) in [6.07, 6.45) is 0.818. The number of carbonyl (C=O) groups excluding carboxylic acids is 1. The summed E-state index contributed by atoms with van der Waals surface area (Å²) in [5.74, 6) is 0.474. The highest BCUT2D eigenvalue weighted by Crippen LogP contribution is 2.26. The average Bonchev–Trinajstić information content (AvgIpc) is 2.58. The van der Waals surface area contributed by atoms with Crippen molar-refractivity contribution in [2.24, 2.45) is 0 Å². The maximum atomic E-state index is 11.8. The minimum absolute atomic E-state index is 0.0498. The normalized spacial score (nSPS) is 10.5. The lowest BCUT2D eigenvalue weighted by Gasteiger charge is -2.07. The monoisotopic (exact) mass is 393 g/mol. The van der Waals surface area contributed by atoms with Gasteiger partial charge in [0.15, 0.2) is 0 Å². The smallest absolute Gasteiger partial charge is 0.230 e. The summed E-state index contributed by atoms with van der Waals surface area (Å²) >= 11 is 5.01. The van der Waals surface area contributed by atoms with E-state index in [1.165, 1.54) is 17.3 Å². The summed E-state index contributed by atoms with van der Waals surface area (Å²) < 4.78 is 6.60. The molecule has 0 atom stereocenters. The van der Waals surface area contributed by atoms with E-state index in [2.05, 4.69) is 21.2 Å². The third kappa shape index (κ3) is 7.20. The molecule has 0 aliphatic rings. The van der Waals surface area contributed by atoms with Crippen LogP contribution in [-0.2, 0) is 16.1 Å². The van der Waals surface area contributed by atoms with Gasteiger partial charge in [0.25, 0.3) is 0 Å². The van der Waals surface area contributed by atoms with Gasteiger partial charge >= 0.3 is 0 Å². The first-order valence-electron chi connectivity index (χ1n) is 7.51. The van der Waals surface area contributed by atoms with Gasteiger partial charge in [0.1, 0.15) is 0 Å².